The van der Waals surface area contributed by atoms with Crippen molar-refractivity contribution in [1.82, 2.24) is 5.43 Å². The first-order valence-electron chi connectivity index (χ1n) is 6.76. The lowest BCUT2D eigenvalue weighted by Gasteiger charge is -2.13. The van der Waals surface area contributed by atoms with Crippen LogP contribution in [0.25, 0.3) is 0 Å². The zero-order chi connectivity index (χ0) is 16.8. The molecule has 23 heavy (non-hydrogen) atoms. The molecule has 2 aromatic carbocycles. The van der Waals surface area contributed by atoms with Gasteiger partial charge in [-0.15, -0.1) is 0 Å². The van der Waals surface area contributed by atoms with Crippen LogP contribution in [0.15, 0.2) is 47.6 Å². The molecule has 0 aromatic heterocycles. The second kappa shape index (κ2) is 8.52. The van der Waals surface area contributed by atoms with Crippen molar-refractivity contribution in [3.8, 4) is 0 Å². The van der Waals surface area contributed by atoms with Crippen molar-refractivity contribution in [2.75, 3.05) is 5.32 Å². The van der Waals surface area contributed by atoms with Gasteiger partial charge in [0.1, 0.15) is 6.04 Å². The van der Waals surface area contributed by atoms with Gasteiger partial charge < -0.3 is 5.32 Å². The number of anilines is 1. The van der Waals surface area contributed by atoms with Gasteiger partial charge in [-0.3, -0.25) is 4.79 Å². The van der Waals surface area contributed by atoms with Gasteiger partial charge in [0, 0.05) is 19.8 Å². The summed E-state index contributed by atoms with van der Waals surface area (Å²) in [6.45, 7) is 1.76. The molecule has 1 atom stereocenters. The SMILES string of the molecule is CC(Nc1ccc(I)cc1)C(=O)NN=Cc1ccc(Cl)cc1Cl. The molecule has 0 bridgehead atoms. The smallest absolute Gasteiger partial charge is 0.262 e. The second-order valence-electron chi connectivity index (χ2n) is 4.77. The van der Waals surface area contributed by atoms with Crippen molar-refractivity contribution in [2.45, 2.75) is 13.0 Å². The predicted octanol–water partition coefficient (Wildman–Crippen LogP) is 4.55. The van der Waals surface area contributed by atoms with E-state index in [1.54, 1.807) is 25.1 Å². The quantitative estimate of drug-likeness (QED) is 0.390. The Bertz CT molecular complexity index is 720. The summed E-state index contributed by atoms with van der Waals surface area (Å²) in [6, 6.07) is 12.4. The molecule has 2 rings (SSSR count). The molecule has 4 nitrogen and oxygen atoms in total. The monoisotopic (exact) mass is 461 g/mol. The van der Waals surface area contributed by atoms with E-state index in [0.717, 1.165) is 9.26 Å². The number of hydrogen-bond acceptors (Lipinski definition) is 3. The van der Waals surface area contributed by atoms with E-state index in [1.807, 2.05) is 24.3 Å². The lowest BCUT2D eigenvalue weighted by Crippen LogP contribution is -2.34. The minimum Gasteiger partial charge on any atom is -0.374 e. The topological polar surface area (TPSA) is 53.5 Å². The number of halogens is 3. The molecule has 120 valence electrons. The maximum absolute atomic E-state index is 12.0. The molecule has 1 unspecified atom stereocenters. The molecule has 0 aliphatic rings. The van der Waals surface area contributed by atoms with Crippen LogP contribution in [0.1, 0.15) is 12.5 Å². The molecule has 2 N–H and O–H groups in total. The lowest BCUT2D eigenvalue weighted by atomic mass is 10.2. The van der Waals surface area contributed by atoms with E-state index in [-0.39, 0.29) is 5.91 Å². The van der Waals surface area contributed by atoms with Crippen molar-refractivity contribution < 1.29 is 4.79 Å². The Labute approximate surface area is 158 Å². The van der Waals surface area contributed by atoms with Gasteiger partial charge in [0.15, 0.2) is 0 Å². The molecule has 0 aliphatic heterocycles. The number of carbonyl (C=O) groups excluding carboxylic acids is 1. The minimum atomic E-state index is -0.423. The highest BCUT2D eigenvalue weighted by Gasteiger charge is 2.11. The van der Waals surface area contributed by atoms with Crippen LogP contribution in [0.5, 0.6) is 0 Å². The van der Waals surface area contributed by atoms with Gasteiger partial charge >= 0.3 is 0 Å². The molecular weight excluding hydrogens is 448 g/mol. The molecule has 0 saturated heterocycles. The molecule has 0 fully saturated rings. The van der Waals surface area contributed by atoms with Gasteiger partial charge in [-0.1, -0.05) is 29.3 Å². The van der Waals surface area contributed by atoms with Crippen molar-refractivity contribution in [1.29, 1.82) is 0 Å². The summed E-state index contributed by atoms with van der Waals surface area (Å²) in [6.07, 6.45) is 1.48. The van der Waals surface area contributed by atoms with E-state index >= 15 is 0 Å². The highest BCUT2D eigenvalue weighted by molar-refractivity contribution is 14.1. The summed E-state index contributed by atoms with van der Waals surface area (Å²) in [5.41, 5.74) is 4.03. The summed E-state index contributed by atoms with van der Waals surface area (Å²) < 4.78 is 1.13. The summed E-state index contributed by atoms with van der Waals surface area (Å²) in [7, 11) is 0. The van der Waals surface area contributed by atoms with Crippen molar-refractivity contribution in [3.05, 3.63) is 61.6 Å². The van der Waals surface area contributed by atoms with Crippen LogP contribution in [0, 0.1) is 3.57 Å². The van der Waals surface area contributed by atoms with Gasteiger partial charge in [0.05, 0.1) is 11.2 Å². The van der Waals surface area contributed by atoms with Crippen LogP contribution in [-0.4, -0.2) is 18.2 Å². The second-order valence-corrected chi connectivity index (χ2v) is 6.86. The molecular formula is C16H14Cl2IN3O. The first kappa shape index (κ1) is 18.0. The van der Waals surface area contributed by atoms with Crippen molar-refractivity contribution >= 4 is 63.6 Å². The summed E-state index contributed by atoms with van der Waals surface area (Å²) >= 11 is 14.1. The van der Waals surface area contributed by atoms with Crippen LogP contribution >= 0.6 is 45.8 Å². The summed E-state index contributed by atoms with van der Waals surface area (Å²) in [5.74, 6) is -0.245. The van der Waals surface area contributed by atoms with E-state index in [9.17, 15) is 4.79 Å². The highest BCUT2D eigenvalue weighted by atomic mass is 127. The van der Waals surface area contributed by atoms with Gasteiger partial charge in [-0.2, -0.15) is 5.10 Å². The maximum atomic E-state index is 12.0. The molecule has 0 aliphatic carbocycles. The number of hydrazone groups is 1. The van der Waals surface area contributed by atoms with E-state index in [2.05, 4.69) is 38.4 Å². The third-order valence-corrected chi connectivity index (χ3v) is 4.24. The van der Waals surface area contributed by atoms with Gasteiger partial charge in [-0.05, 0) is 65.9 Å². The summed E-state index contributed by atoms with van der Waals surface area (Å²) in [5, 5.41) is 8.04. The normalized spacial score (nSPS) is 12.2. The maximum Gasteiger partial charge on any atom is 0.262 e. The zero-order valence-corrected chi connectivity index (χ0v) is 15.9. The number of amides is 1. The van der Waals surface area contributed by atoms with Crippen LogP contribution in [0.4, 0.5) is 5.69 Å². The molecule has 1 amide bonds. The molecule has 0 heterocycles. The van der Waals surface area contributed by atoms with E-state index < -0.39 is 6.04 Å². The van der Waals surface area contributed by atoms with E-state index in [0.29, 0.717) is 15.6 Å². The van der Waals surface area contributed by atoms with Crippen LogP contribution < -0.4 is 10.7 Å². The fraction of sp³-hybridized carbons (Fsp3) is 0.125. The van der Waals surface area contributed by atoms with Gasteiger partial charge in [0.25, 0.3) is 5.91 Å². The van der Waals surface area contributed by atoms with Crippen molar-refractivity contribution in [3.63, 3.8) is 0 Å². The molecule has 7 heteroatoms. The zero-order valence-electron chi connectivity index (χ0n) is 12.2. The third-order valence-electron chi connectivity index (χ3n) is 2.96. The van der Waals surface area contributed by atoms with Gasteiger partial charge in [-0.25, -0.2) is 5.43 Å². The Morgan fingerprint density at radius 1 is 1.22 bits per heavy atom. The third kappa shape index (κ3) is 5.67. The number of rotatable bonds is 5. The first-order chi connectivity index (χ1) is 11.0. The largest absolute Gasteiger partial charge is 0.374 e. The minimum absolute atomic E-state index is 0.245. The standard InChI is InChI=1S/C16H14Cl2IN3O/c1-10(21-14-6-4-13(19)5-7-14)16(23)22-20-9-11-2-3-12(17)8-15(11)18/h2-10,21H,1H3,(H,22,23). The van der Waals surface area contributed by atoms with Gasteiger partial charge in [0.2, 0.25) is 0 Å². The number of nitrogens with one attached hydrogen (secondary N) is 2. The average Bonchev–Trinajstić information content (AvgIpc) is 2.51. The van der Waals surface area contributed by atoms with Crippen LogP contribution in [-0.2, 0) is 4.79 Å². The molecule has 2 aromatic rings. The number of carbonyl (C=O) groups is 1. The average molecular weight is 462 g/mol. The first-order valence-corrected chi connectivity index (χ1v) is 8.59. The number of benzene rings is 2. The Morgan fingerprint density at radius 3 is 2.57 bits per heavy atom. The summed E-state index contributed by atoms with van der Waals surface area (Å²) in [4.78, 5) is 12.0. The van der Waals surface area contributed by atoms with Crippen LogP contribution in [0.3, 0.4) is 0 Å². The molecule has 0 spiro atoms. The van der Waals surface area contributed by atoms with Crippen molar-refractivity contribution in [2.24, 2.45) is 5.10 Å². The molecule has 0 saturated carbocycles. The Balaban J connectivity index is 1.90. The van der Waals surface area contributed by atoms with E-state index in [1.165, 1.54) is 6.21 Å². The Morgan fingerprint density at radius 2 is 1.91 bits per heavy atom. The highest BCUT2D eigenvalue weighted by Crippen LogP contribution is 2.19. The Kier molecular flexibility index (Phi) is 6.68. The van der Waals surface area contributed by atoms with Crippen LogP contribution in [0.2, 0.25) is 10.0 Å². The fourth-order valence-corrected chi connectivity index (χ4v) is 2.55. The fourth-order valence-electron chi connectivity index (χ4n) is 1.73. The number of hydrogen-bond donors (Lipinski definition) is 2. The van der Waals surface area contributed by atoms with E-state index in [4.69, 9.17) is 23.2 Å². The predicted molar refractivity (Wildman–Crippen MR) is 104 cm³/mol. The molecule has 0 radical (unpaired) electrons. The number of nitrogens with zero attached hydrogens (tertiary/aromatic N) is 1. The Hall–Kier alpha value is -1.31. The lowest BCUT2D eigenvalue weighted by molar-refractivity contribution is -0.121.